The molecule has 0 radical (unpaired) electrons. The van der Waals surface area contributed by atoms with Crippen molar-refractivity contribution in [3.05, 3.63) is 35.6 Å². The van der Waals surface area contributed by atoms with Gasteiger partial charge in [-0.1, -0.05) is 12.1 Å². The molecule has 1 aliphatic rings. The van der Waals surface area contributed by atoms with Crippen molar-refractivity contribution < 1.29 is 22.7 Å². The molecule has 116 valence electrons. The van der Waals surface area contributed by atoms with Gasteiger partial charge in [-0.25, -0.2) is 12.8 Å². The zero-order valence-electron chi connectivity index (χ0n) is 11.7. The third-order valence-corrected chi connectivity index (χ3v) is 5.51. The van der Waals surface area contributed by atoms with Crippen LogP contribution in [0.3, 0.4) is 0 Å². The van der Waals surface area contributed by atoms with E-state index in [2.05, 4.69) is 0 Å². The molecule has 0 bridgehead atoms. The molecule has 1 aromatic rings. The van der Waals surface area contributed by atoms with Crippen molar-refractivity contribution in [2.24, 2.45) is 0 Å². The van der Waals surface area contributed by atoms with Gasteiger partial charge in [-0.05, 0) is 24.6 Å². The lowest BCUT2D eigenvalue weighted by Gasteiger charge is -2.39. The van der Waals surface area contributed by atoms with Crippen molar-refractivity contribution in [1.82, 2.24) is 4.90 Å². The number of carbonyl (C=O) groups is 1. The Morgan fingerprint density at radius 1 is 1.52 bits per heavy atom. The maximum Gasteiger partial charge on any atom is 0.304 e. The highest BCUT2D eigenvalue weighted by atomic mass is 32.2. The first-order chi connectivity index (χ1) is 9.78. The van der Waals surface area contributed by atoms with Crippen molar-refractivity contribution in [2.75, 3.05) is 18.1 Å². The number of benzene rings is 1. The molecule has 1 aromatic carbocycles. The number of carboxylic acids is 1. The average Bonchev–Trinajstić information content (AvgIpc) is 2.36. The second-order valence-electron chi connectivity index (χ2n) is 5.33. The van der Waals surface area contributed by atoms with Crippen LogP contribution in [0.5, 0.6) is 0 Å². The Bertz CT molecular complexity index is 632. The summed E-state index contributed by atoms with van der Waals surface area (Å²) in [5.41, 5.74) is 0.713. The average molecular weight is 315 g/mol. The Morgan fingerprint density at radius 3 is 2.86 bits per heavy atom. The fourth-order valence-electron chi connectivity index (χ4n) is 2.74. The summed E-state index contributed by atoms with van der Waals surface area (Å²) in [6.07, 6.45) is -0.237. The van der Waals surface area contributed by atoms with Crippen LogP contribution in [0.15, 0.2) is 24.3 Å². The van der Waals surface area contributed by atoms with Gasteiger partial charge in [0.15, 0.2) is 9.84 Å². The van der Waals surface area contributed by atoms with Gasteiger partial charge in [-0.3, -0.25) is 9.69 Å². The lowest BCUT2D eigenvalue weighted by Crippen LogP contribution is -2.50. The van der Waals surface area contributed by atoms with Crippen LogP contribution < -0.4 is 0 Å². The molecular formula is C14H18FNO4S. The normalized spacial score (nSPS) is 23.6. The molecule has 1 aliphatic heterocycles. The summed E-state index contributed by atoms with van der Waals surface area (Å²) in [4.78, 5) is 12.8. The van der Waals surface area contributed by atoms with E-state index in [0.29, 0.717) is 5.56 Å². The fourth-order valence-corrected chi connectivity index (χ4v) is 4.30. The topological polar surface area (TPSA) is 74.7 Å². The molecule has 0 saturated carbocycles. The van der Waals surface area contributed by atoms with Crippen LogP contribution in [0.4, 0.5) is 4.39 Å². The Morgan fingerprint density at radius 2 is 2.24 bits per heavy atom. The van der Waals surface area contributed by atoms with E-state index in [1.807, 2.05) is 11.8 Å². The Labute approximate surface area is 123 Å². The molecule has 1 saturated heterocycles. The number of rotatable bonds is 4. The molecule has 1 fully saturated rings. The van der Waals surface area contributed by atoms with Crippen molar-refractivity contribution in [3.63, 3.8) is 0 Å². The van der Waals surface area contributed by atoms with Crippen LogP contribution in [-0.4, -0.2) is 48.5 Å². The second kappa shape index (κ2) is 6.11. The Hall–Kier alpha value is -1.47. The van der Waals surface area contributed by atoms with Crippen LogP contribution >= 0.6 is 0 Å². The van der Waals surface area contributed by atoms with Gasteiger partial charge in [0.25, 0.3) is 0 Å². The van der Waals surface area contributed by atoms with Crippen LogP contribution in [0, 0.1) is 5.82 Å². The van der Waals surface area contributed by atoms with Crippen molar-refractivity contribution in [1.29, 1.82) is 0 Å². The van der Waals surface area contributed by atoms with E-state index in [0.717, 1.165) is 0 Å². The Balaban J connectivity index is 2.24. The SMILES string of the molecule is CC(c1cccc(F)c1)N1CCS(=O)(=O)CC1CC(=O)O. The first kappa shape index (κ1) is 15.9. The predicted molar refractivity (Wildman–Crippen MR) is 76.2 cm³/mol. The molecule has 1 N–H and O–H groups in total. The smallest absolute Gasteiger partial charge is 0.304 e. The van der Waals surface area contributed by atoms with Crippen LogP contribution in [0.1, 0.15) is 24.9 Å². The first-order valence-electron chi connectivity index (χ1n) is 6.72. The molecule has 2 unspecified atom stereocenters. The molecular weight excluding hydrogens is 297 g/mol. The number of hydrogen-bond donors (Lipinski definition) is 1. The summed E-state index contributed by atoms with van der Waals surface area (Å²) >= 11 is 0. The summed E-state index contributed by atoms with van der Waals surface area (Å²) < 4.78 is 36.8. The minimum atomic E-state index is -3.21. The van der Waals surface area contributed by atoms with E-state index in [9.17, 15) is 17.6 Å². The third-order valence-electron chi connectivity index (χ3n) is 3.81. The van der Waals surface area contributed by atoms with Crippen LogP contribution in [0.2, 0.25) is 0 Å². The number of aliphatic carboxylic acids is 1. The predicted octanol–water partition coefficient (Wildman–Crippen LogP) is 1.46. The van der Waals surface area contributed by atoms with E-state index in [4.69, 9.17) is 5.11 Å². The van der Waals surface area contributed by atoms with Crippen molar-refractivity contribution in [2.45, 2.75) is 25.4 Å². The highest BCUT2D eigenvalue weighted by Gasteiger charge is 2.35. The molecule has 7 heteroatoms. The van der Waals surface area contributed by atoms with Crippen LogP contribution in [0.25, 0.3) is 0 Å². The lowest BCUT2D eigenvalue weighted by atomic mass is 10.0. The van der Waals surface area contributed by atoms with E-state index < -0.39 is 21.8 Å². The molecule has 0 spiro atoms. The van der Waals surface area contributed by atoms with Gasteiger partial charge in [-0.15, -0.1) is 0 Å². The Kier molecular flexibility index (Phi) is 4.63. The monoisotopic (exact) mass is 315 g/mol. The zero-order valence-corrected chi connectivity index (χ0v) is 12.5. The zero-order chi connectivity index (χ0) is 15.6. The van der Waals surface area contributed by atoms with Gasteiger partial charge in [0, 0.05) is 18.6 Å². The number of halogens is 1. The van der Waals surface area contributed by atoms with Gasteiger partial charge in [-0.2, -0.15) is 0 Å². The molecule has 21 heavy (non-hydrogen) atoms. The van der Waals surface area contributed by atoms with E-state index in [1.165, 1.54) is 12.1 Å². The van der Waals surface area contributed by atoms with E-state index in [1.54, 1.807) is 12.1 Å². The van der Waals surface area contributed by atoms with E-state index >= 15 is 0 Å². The van der Waals surface area contributed by atoms with Gasteiger partial charge < -0.3 is 5.11 Å². The fraction of sp³-hybridized carbons (Fsp3) is 0.500. The number of carboxylic acid groups (broad SMARTS) is 1. The van der Waals surface area contributed by atoms with Gasteiger partial charge in [0.1, 0.15) is 5.82 Å². The van der Waals surface area contributed by atoms with Crippen molar-refractivity contribution >= 4 is 15.8 Å². The number of nitrogens with zero attached hydrogens (tertiary/aromatic N) is 1. The molecule has 1 heterocycles. The van der Waals surface area contributed by atoms with Gasteiger partial charge in [0.2, 0.25) is 0 Å². The summed E-state index contributed by atoms with van der Waals surface area (Å²) in [5, 5.41) is 8.97. The minimum absolute atomic E-state index is 0.00275. The van der Waals surface area contributed by atoms with Gasteiger partial charge >= 0.3 is 5.97 Å². The number of hydrogen-bond acceptors (Lipinski definition) is 4. The lowest BCUT2D eigenvalue weighted by molar-refractivity contribution is -0.138. The molecule has 2 rings (SSSR count). The minimum Gasteiger partial charge on any atom is -0.481 e. The van der Waals surface area contributed by atoms with Crippen LogP contribution in [-0.2, 0) is 14.6 Å². The highest BCUT2D eigenvalue weighted by molar-refractivity contribution is 7.91. The third kappa shape index (κ3) is 4.01. The second-order valence-corrected chi connectivity index (χ2v) is 7.56. The van der Waals surface area contributed by atoms with E-state index in [-0.39, 0.29) is 36.3 Å². The number of sulfone groups is 1. The maximum atomic E-state index is 13.3. The molecule has 0 aliphatic carbocycles. The highest BCUT2D eigenvalue weighted by Crippen LogP contribution is 2.27. The summed E-state index contributed by atoms with van der Waals surface area (Å²) in [5.74, 6) is -1.56. The quantitative estimate of drug-likeness (QED) is 0.910. The van der Waals surface area contributed by atoms with Gasteiger partial charge in [0.05, 0.1) is 17.9 Å². The van der Waals surface area contributed by atoms with Crippen molar-refractivity contribution in [3.8, 4) is 0 Å². The summed E-state index contributed by atoms with van der Waals surface area (Å²) in [6, 6.07) is 5.26. The standard InChI is InChI=1S/C14H18FNO4S/c1-10(11-3-2-4-12(15)7-11)16-5-6-21(19,20)9-13(16)8-14(17)18/h2-4,7,10,13H,5-6,8-9H2,1H3,(H,17,18). The largest absolute Gasteiger partial charge is 0.481 e. The maximum absolute atomic E-state index is 13.3. The molecule has 0 amide bonds. The first-order valence-corrected chi connectivity index (χ1v) is 8.54. The molecule has 5 nitrogen and oxygen atoms in total. The summed E-state index contributed by atoms with van der Waals surface area (Å²) in [7, 11) is -3.21. The molecule has 0 aromatic heterocycles. The summed E-state index contributed by atoms with van der Waals surface area (Å²) in [6.45, 7) is 2.10. The molecule has 2 atom stereocenters.